The first-order valence-corrected chi connectivity index (χ1v) is 13.8. The van der Waals surface area contributed by atoms with Crippen LogP contribution in [0.4, 0.5) is 0 Å². The van der Waals surface area contributed by atoms with Crippen molar-refractivity contribution in [2.45, 2.75) is 24.1 Å². The fourth-order valence-corrected chi connectivity index (χ4v) is 12.5. The highest BCUT2D eigenvalue weighted by molar-refractivity contribution is 7.93. The number of rotatable bonds is 8. The van der Waals surface area contributed by atoms with E-state index in [0.717, 1.165) is 12.8 Å². The summed E-state index contributed by atoms with van der Waals surface area (Å²) in [6.07, 6.45) is 2.00. The average Bonchev–Trinajstić information content (AvgIpc) is 2.82. The standard InChI is InChI=1S/C28H27ClP2/c1-2-23-28(29,30(24-15-7-3-8-16-24)25-17-9-4-10-18-25)31(26-19-11-5-12-20-26)27-21-13-6-14-22-27/h3-22H,2,23H2,1H3. The molecular weight excluding hydrogens is 434 g/mol. The van der Waals surface area contributed by atoms with Crippen molar-refractivity contribution in [3.05, 3.63) is 121 Å². The summed E-state index contributed by atoms with van der Waals surface area (Å²) in [4.78, 5) is 0. The minimum atomic E-state index is -0.795. The van der Waals surface area contributed by atoms with Gasteiger partial charge in [0.15, 0.2) is 0 Å². The van der Waals surface area contributed by atoms with Crippen molar-refractivity contribution in [3.8, 4) is 0 Å². The molecule has 0 heterocycles. The van der Waals surface area contributed by atoms with E-state index in [1.807, 2.05) is 0 Å². The molecule has 0 saturated carbocycles. The summed E-state index contributed by atoms with van der Waals surface area (Å²) >= 11 is 7.97. The lowest BCUT2D eigenvalue weighted by Gasteiger charge is -2.43. The number of halogens is 1. The Morgan fingerprint density at radius 2 is 0.774 bits per heavy atom. The van der Waals surface area contributed by atoms with E-state index in [2.05, 4.69) is 128 Å². The molecule has 3 heteroatoms. The van der Waals surface area contributed by atoms with Gasteiger partial charge in [-0.05, 0) is 43.5 Å². The predicted molar refractivity (Wildman–Crippen MR) is 142 cm³/mol. The Hall–Kier alpha value is -1.97. The smallest absolute Gasteiger partial charge is 0.0994 e. The second-order valence-corrected chi connectivity index (χ2v) is 13.9. The molecule has 0 atom stereocenters. The van der Waals surface area contributed by atoms with Gasteiger partial charge in [-0.3, -0.25) is 0 Å². The van der Waals surface area contributed by atoms with Crippen molar-refractivity contribution in [1.82, 2.24) is 0 Å². The molecule has 0 aromatic heterocycles. The Labute approximate surface area is 193 Å². The third kappa shape index (κ3) is 4.94. The van der Waals surface area contributed by atoms with Crippen molar-refractivity contribution < 1.29 is 0 Å². The molecule has 4 aromatic carbocycles. The molecule has 0 aliphatic rings. The summed E-state index contributed by atoms with van der Waals surface area (Å²) < 4.78 is -0.398. The van der Waals surface area contributed by atoms with Crippen LogP contribution in [0, 0.1) is 0 Å². The predicted octanol–water partition coefficient (Wildman–Crippen LogP) is 6.94. The zero-order valence-electron chi connectivity index (χ0n) is 17.7. The fourth-order valence-electron chi connectivity index (χ4n) is 4.04. The topological polar surface area (TPSA) is 0 Å². The van der Waals surface area contributed by atoms with Crippen LogP contribution in [0.5, 0.6) is 0 Å². The zero-order valence-corrected chi connectivity index (χ0v) is 20.3. The lowest BCUT2D eigenvalue weighted by Crippen LogP contribution is -2.34. The van der Waals surface area contributed by atoms with E-state index in [4.69, 9.17) is 11.6 Å². The molecule has 4 rings (SSSR count). The van der Waals surface area contributed by atoms with Crippen LogP contribution in [0.3, 0.4) is 0 Å². The molecule has 0 unspecified atom stereocenters. The van der Waals surface area contributed by atoms with Crippen LogP contribution in [-0.4, -0.2) is 4.36 Å². The second kappa shape index (κ2) is 10.6. The van der Waals surface area contributed by atoms with Gasteiger partial charge in [-0.15, -0.1) is 11.6 Å². The van der Waals surface area contributed by atoms with Gasteiger partial charge < -0.3 is 0 Å². The Morgan fingerprint density at radius 1 is 0.516 bits per heavy atom. The SMILES string of the molecule is CCCC(Cl)(P(c1ccccc1)c1ccccc1)P(c1ccccc1)c1ccccc1. The van der Waals surface area contributed by atoms with Gasteiger partial charge in [-0.2, -0.15) is 0 Å². The van der Waals surface area contributed by atoms with E-state index in [0.29, 0.717) is 0 Å². The minimum Gasteiger partial charge on any atom is -0.108 e. The van der Waals surface area contributed by atoms with E-state index >= 15 is 0 Å². The van der Waals surface area contributed by atoms with Gasteiger partial charge in [-0.25, -0.2) is 0 Å². The minimum absolute atomic E-state index is 0.398. The molecule has 0 spiro atoms. The van der Waals surface area contributed by atoms with Crippen molar-refractivity contribution in [3.63, 3.8) is 0 Å². The zero-order chi connectivity index (χ0) is 21.5. The Morgan fingerprint density at radius 3 is 1.00 bits per heavy atom. The maximum Gasteiger partial charge on any atom is 0.0994 e. The number of benzene rings is 4. The number of hydrogen-bond acceptors (Lipinski definition) is 0. The summed E-state index contributed by atoms with van der Waals surface area (Å²) in [5.74, 6) is 0. The largest absolute Gasteiger partial charge is 0.108 e. The number of alkyl halides is 1. The van der Waals surface area contributed by atoms with Gasteiger partial charge >= 0.3 is 0 Å². The molecule has 31 heavy (non-hydrogen) atoms. The molecule has 156 valence electrons. The molecule has 0 bridgehead atoms. The van der Waals surface area contributed by atoms with Gasteiger partial charge in [0.25, 0.3) is 0 Å². The molecular formula is C28H27ClP2. The quantitative estimate of drug-likeness (QED) is 0.197. The van der Waals surface area contributed by atoms with Gasteiger partial charge in [0.2, 0.25) is 0 Å². The molecule has 0 saturated heterocycles. The van der Waals surface area contributed by atoms with Crippen LogP contribution < -0.4 is 21.2 Å². The molecule has 0 aliphatic heterocycles. The van der Waals surface area contributed by atoms with Crippen LogP contribution in [-0.2, 0) is 0 Å². The maximum atomic E-state index is 7.97. The molecule has 0 N–H and O–H groups in total. The molecule has 0 radical (unpaired) electrons. The third-order valence-electron chi connectivity index (χ3n) is 5.31. The van der Waals surface area contributed by atoms with E-state index in [9.17, 15) is 0 Å². The van der Waals surface area contributed by atoms with E-state index in [-0.39, 0.29) is 0 Å². The summed E-state index contributed by atoms with van der Waals surface area (Å²) in [5, 5.41) is 5.36. The van der Waals surface area contributed by atoms with Crippen LogP contribution >= 0.6 is 27.4 Å². The lowest BCUT2D eigenvalue weighted by atomic mass is 10.3. The molecule has 0 aliphatic carbocycles. The van der Waals surface area contributed by atoms with Crippen LogP contribution in [0.15, 0.2) is 121 Å². The first-order valence-electron chi connectivity index (χ1n) is 10.7. The van der Waals surface area contributed by atoms with Gasteiger partial charge in [0, 0.05) is 0 Å². The summed E-state index contributed by atoms with van der Waals surface area (Å²) in [6.45, 7) is 2.25. The molecule has 0 amide bonds. The summed E-state index contributed by atoms with van der Waals surface area (Å²) in [7, 11) is -1.59. The maximum absolute atomic E-state index is 7.97. The molecule has 4 aromatic rings. The van der Waals surface area contributed by atoms with E-state index in [1.54, 1.807) is 0 Å². The first-order chi connectivity index (χ1) is 15.2. The van der Waals surface area contributed by atoms with Crippen molar-refractivity contribution >= 4 is 48.7 Å². The monoisotopic (exact) mass is 460 g/mol. The van der Waals surface area contributed by atoms with Crippen molar-refractivity contribution in [1.29, 1.82) is 0 Å². The Balaban J connectivity index is 1.97. The number of hydrogen-bond donors (Lipinski definition) is 0. The van der Waals surface area contributed by atoms with E-state index < -0.39 is 20.2 Å². The third-order valence-corrected chi connectivity index (χ3v) is 12.8. The van der Waals surface area contributed by atoms with Crippen LogP contribution in [0.2, 0.25) is 0 Å². The highest BCUT2D eigenvalue weighted by Crippen LogP contribution is 2.69. The highest BCUT2D eigenvalue weighted by atomic mass is 35.5. The second-order valence-electron chi connectivity index (χ2n) is 7.48. The average molecular weight is 461 g/mol. The van der Waals surface area contributed by atoms with Crippen LogP contribution in [0.25, 0.3) is 0 Å². The van der Waals surface area contributed by atoms with Gasteiger partial charge in [0.05, 0.1) is 4.36 Å². The Kier molecular flexibility index (Phi) is 7.58. The molecule has 0 nitrogen and oxygen atoms in total. The normalized spacial score (nSPS) is 11.7. The van der Waals surface area contributed by atoms with E-state index in [1.165, 1.54) is 21.2 Å². The summed E-state index contributed by atoms with van der Waals surface area (Å²) in [5.41, 5.74) is 0. The van der Waals surface area contributed by atoms with Gasteiger partial charge in [-0.1, -0.05) is 135 Å². The van der Waals surface area contributed by atoms with Gasteiger partial charge in [0.1, 0.15) is 0 Å². The van der Waals surface area contributed by atoms with Crippen LogP contribution in [0.1, 0.15) is 19.8 Å². The first kappa shape index (κ1) is 22.2. The molecule has 0 fully saturated rings. The van der Waals surface area contributed by atoms with Crippen molar-refractivity contribution in [2.75, 3.05) is 0 Å². The highest BCUT2D eigenvalue weighted by Gasteiger charge is 2.46. The van der Waals surface area contributed by atoms with Crippen molar-refractivity contribution in [2.24, 2.45) is 0 Å². The lowest BCUT2D eigenvalue weighted by molar-refractivity contribution is 0.827. The Bertz CT molecular complexity index is 891. The summed E-state index contributed by atoms with van der Waals surface area (Å²) in [6, 6.07) is 43.6. The fraction of sp³-hybridized carbons (Fsp3) is 0.143.